The topological polar surface area (TPSA) is 42.8 Å². The summed E-state index contributed by atoms with van der Waals surface area (Å²) in [6, 6.07) is 20.0. The highest BCUT2D eigenvalue weighted by atomic mass is 16.5. The summed E-state index contributed by atoms with van der Waals surface area (Å²) in [4.78, 5) is 0. The molecule has 0 aromatic heterocycles. The molecule has 0 bridgehead atoms. The predicted molar refractivity (Wildman–Crippen MR) is 94.7 cm³/mol. The van der Waals surface area contributed by atoms with Crippen molar-refractivity contribution in [1.82, 2.24) is 0 Å². The van der Waals surface area contributed by atoms with Crippen molar-refractivity contribution >= 4 is 22.7 Å². The van der Waals surface area contributed by atoms with Gasteiger partial charge in [-0.1, -0.05) is 30.3 Å². The molecule has 23 heavy (non-hydrogen) atoms. The van der Waals surface area contributed by atoms with Gasteiger partial charge >= 0.3 is 0 Å². The Hall–Kier alpha value is -3.01. The van der Waals surface area contributed by atoms with Crippen LogP contribution in [0.1, 0.15) is 5.56 Å². The van der Waals surface area contributed by atoms with E-state index in [1.165, 1.54) is 10.8 Å². The molecule has 3 rings (SSSR count). The van der Waals surface area contributed by atoms with Gasteiger partial charge in [0, 0.05) is 0 Å². The van der Waals surface area contributed by atoms with Gasteiger partial charge in [-0.15, -0.1) is 0 Å². The summed E-state index contributed by atoms with van der Waals surface area (Å²) in [5.41, 5.74) is 4.92. The van der Waals surface area contributed by atoms with Gasteiger partial charge in [0.05, 0.1) is 26.1 Å². The quantitative estimate of drug-likeness (QED) is 0.564. The molecule has 3 aromatic carbocycles. The standard InChI is InChI=1S/C19H18N2O2/c1-22-18-10-7-14(11-19(18)23-2)13-20-21-17-9-8-15-5-3-4-6-16(15)12-17/h3-13,21H,1-2H3/b20-13-. The predicted octanol–water partition coefficient (Wildman–Crippen LogP) is 4.30. The Bertz CT molecular complexity index is 844. The third-order valence-electron chi connectivity index (χ3n) is 3.56. The van der Waals surface area contributed by atoms with Gasteiger partial charge in [-0.05, 0) is 46.7 Å². The summed E-state index contributed by atoms with van der Waals surface area (Å²) in [7, 11) is 3.24. The second kappa shape index (κ2) is 6.83. The number of fused-ring (bicyclic) bond motifs is 1. The van der Waals surface area contributed by atoms with Gasteiger partial charge in [-0.2, -0.15) is 5.10 Å². The van der Waals surface area contributed by atoms with E-state index in [4.69, 9.17) is 9.47 Å². The van der Waals surface area contributed by atoms with Crippen molar-refractivity contribution in [2.24, 2.45) is 5.10 Å². The monoisotopic (exact) mass is 306 g/mol. The van der Waals surface area contributed by atoms with Crippen molar-refractivity contribution in [2.45, 2.75) is 0 Å². The Kier molecular flexibility index (Phi) is 4.43. The van der Waals surface area contributed by atoms with Crippen LogP contribution in [0.25, 0.3) is 10.8 Å². The van der Waals surface area contributed by atoms with E-state index in [2.05, 4.69) is 34.8 Å². The highest BCUT2D eigenvalue weighted by Crippen LogP contribution is 2.27. The van der Waals surface area contributed by atoms with Gasteiger partial charge in [0.25, 0.3) is 0 Å². The van der Waals surface area contributed by atoms with E-state index in [-0.39, 0.29) is 0 Å². The zero-order chi connectivity index (χ0) is 16.1. The van der Waals surface area contributed by atoms with Gasteiger partial charge in [0.1, 0.15) is 0 Å². The maximum atomic E-state index is 5.28. The summed E-state index contributed by atoms with van der Waals surface area (Å²) in [6.07, 6.45) is 1.75. The van der Waals surface area contributed by atoms with Crippen LogP contribution in [0, 0.1) is 0 Å². The molecule has 0 spiro atoms. The minimum Gasteiger partial charge on any atom is -0.493 e. The number of methoxy groups -OCH3 is 2. The van der Waals surface area contributed by atoms with Crippen LogP contribution in [0.5, 0.6) is 11.5 Å². The highest BCUT2D eigenvalue weighted by Gasteiger charge is 2.02. The first-order chi connectivity index (χ1) is 11.3. The number of hydrogen-bond acceptors (Lipinski definition) is 4. The molecule has 0 aliphatic carbocycles. The average Bonchev–Trinajstić information content (AvgIpc) is 2.61. The SMILES string of the molecule is COc1ccc(/C=N\Nc2ccc3ccccc3c2)cc1OC. The van der Waals surface area contributed by atoms with Crippen LogP contribution >= 0.6 is 0 Å². The molecule has 0 amide bonds. The summed E-state index contributed by atoms with van der Waals surface area (Å²) in [6.45, 7) is 0. The molecule has 116 valence electrons. The Balaban J connectivity index is 1.74. The van der Waals surface area contributed by atoms with Gasteiger partial charge < -0.3 is 9.47 Å². The number of ether oxygens (including phenoxy) is 2. The molecule has 0 unspecified atom stereocenters. The Morgan fingerprint density at radius 3 is 2.39 bits per heavy atom. The normalized spacial score (nSPS) is 10.9. The molecule has 4 heteroatoms. The lowest BCUT2D eigenvalue weighted by Crippen LogP contribution is -1.94. The molecule has 3 aromatic rings. The Morgan fingerprint density at radius 2 is 1.61 bits per heavy atom. The smallest absolute Gasteiger partial charge is 0.161 e. The summed E-state index contributed by atoms with van der Waals surface area (Å²) in [5.74, 6) is 1.38. The second-order valence-corrected chi connectivity index (χ2v) is 5.05. The molecule has 0 saturated carbocycles. The highest BCUT2D eigenvalue weighted by molar-refractivity contribution is 5.86. The zero-order valence-electron chi connectivity index (χ0n) is 13.1. The summed E-state index contributed by atoms with van der Waals surface area (Å²) in [5, 5.41) is 6.67. The van der Waals surface area contributed by atoms with Crippen LogP contribution < -0.4 is 14.9 Å². The number of benzene rings is 3. The molecule has 0 heterocycles. The fraction of sp³-hybridized carbons (Fsp3) is 0.105. The van der Waals surface area contributed by atoms with E-state index < -0.39 is 0 Å². The van der Waals surface area contributed by atoms with Crippen LogP contribution in [0.2, 0.25) is 0 Å². The second-order valence-electron chi connectivity index (χ2n) is 5.05. The van der Waals surface area contributed by atoms with Gasteiger partial charge in [0.2, 0.25) is 0 Å². The van der Waals surface area contributed by atoms with Crippen LogP contribution in [-0.4, -0.2) is 20.4 Å². The van der Waals surface area contributed by atoms with Crippen molar-refractivity contribution in [2.75, 3.05) is 19.6 Å². The van der Waals surface area contributed by atoms with Crippen LogP contribution in [0.4, 0.5) is 5.69 Å². The largest absolute Gasteiger partial charge is 0.493 e. The van der Waals surface area contributed by atoms with Gasteiger partial charge in [-0.25, -0.2) is 0 Å². The number of nitrogens with one attached hydrogen (secondary N) is 1. The van der Waals surface area contributed by atoms with Crippen LogP contribution in [0.15, 0.2) is 65.8 Å². The fourth-order valence-corrected chi connectivity index (χ4v) is 2.37. The van der Waals surface area contributed by atoms with Gasteiger partial charge in [-0.3, -0.25) is 5.43 Å². The number of hydrazone groups is 1. The third kappa shape index (κ3) is 3.43. The lowest BCUT2D eigenvalue weighted by Gasteiger charge is -2.07. The molecule has 1 N–H and O–H groups in total. The maximum absolute atomic E-state index is 5.28. The van der Waals surface area contributed by atoms with Gasteiger partial charge in [0.15, 0.2) is 11.5 Å². The minimum atomic E-state index is 0.683. The lowest BCUT2D eigenvalue weighted by atomic mass is 10.1. The van der Waals surface area contributed by atoms with E-state index in [1.54, 1.807) is 20.4 Å². The number of rotatable bonds is 5. The molecule has 0 aliphatic rings. The molecule has 4 nitrogen and oxygen atoms in total. The molecule has 0 aliphatic heterocycles. The first-order valence-corrected chi connectivity index (χ1v) is 7.30. The van der Waals surface area contributed by atoms with Crippen molar-refractivity contribution in [3.63, 3.8) is 0 Å². The molecule has 0 radical (unpaired) electrons. The van der Waals surface area contributed by atoms with Crippen molar-refractivity contribution in [3.8, 4) is 11.5 Å². The summed E-state index contributed by atoms with van der Waals surface area (Å²) >= 11 is 0. The van der Waals surface area contributed by atoms with Crippen LogP contribution in [-0.2, 0) is 0 Å². The maximum Gasteiger partial charge on any atom is 0.161 e. The zero-order valence-corrected chi connectivity index (χ0v) is 13.1. The first kappa shape index (κ1) is 14.9. The molecule has 0 saturated heterocycles. The first-order valence-electron chi connectivity index (χ1n) is 7.30. The Morgan fingerprint density at radius 1 is 0.826 bits per heavy atom. The number of anilines is 1. The van der Waals surface area contributed by atoms with E-state index in [0.29, 0.717) is 11.5 Å². The van der Waals surface area contributed by atoms with E-state index >= 15 is 0 Å². The number of nitrogens with zero attached hydrogens (tertiary/aromatic N) is 1. The molecular weight excluding hydrogens is 288 g/mol. The molecule has 0 fully saturated rings. The third-order valence-corrected chi connectivity index (χ3v) is 3.56. The van der Waals surface area contributed by atoms with E-state index in [9.17, 15) is 0 Å². The lowest BCUT2D eigenvalue weighted by molar-refractivity contribution is 0.355. The number of hydrogen-bond donors (Lipinski definition) is 1. The Labute approximate surface area is 135 Å². The minimum absolute atomic E-state index is 0.683. The van der Waals surface area contributed by atoms with E-state index in [1.807, 2.05) is 36.4 Å². The molecular formula is C19H18N2O2. The van der Waals surface area contributed by atoms with Crippen molar-refractivity contribution in [3.05, 3.63) is 66.2 Å². The van der Waals surface area contributed by atoms with Crippen molar-refractivity contribution in [1.29, 1.82) is 0 Å². The fourth-order valence-electron chi connectivity index (χ4n) is 2.37. The van der Waals surface area contributed by atoms with E-state index in [0.717, 1.165) is 11.3 Å². The van der Waals surface area contributed by atoms with Crippen LogP contribution in [0.3, 0.4) is 0 Å². The van der Waals surface area contributed by atoms with Crippen molar-refractivity contribution < 1.29 is 9.47 Å². The summed E-state index contributed by atoms with van der Waals surface area (Å²) < 4.78 is 10.5. The average molecular weight is 306 g/mol. The molecule has 0 atom stereocenters.